The van der Waals surface area contributed by atoms with Crippen LogP contribution in [0.5, 0.6) is 0 Å². The number of hydrogen-bond donors (Lipinski definition) is 3. The third-order valence-electron chi connectivity index (χ3n) is 3.35. The predicted octanol–water partition coefficient (Wildman–Crippen LogP) is 0.335. The van der Waals surface area contributed by atoms with E-state index in [-0.39, 0.29) is 18.6 Å². The van der Waals surface area contributed by atoms with Crippen LogP contribution in [0.3, 0.4) is 0 Å². The van der Waals surface area contributed by atoms with Gasteiger partial charge in [-0.25, -0.2) is 4.79 Å². The summed E-state index contributed by atoms with van der Waals surface area (Å²) in [6.45, 7) is 3.91. The third kappa shape index (κ3) is 3.01. The highest BCUT2D eigenvalue weighted by molar-refractivity contribution is 5.74. The van der Waals surface area contributed by atoms with Crippen molar-refractivity contribution in [2.45, 2.75) is 31.9 Å². The van der Waals surface area contributed by atoms with E-state index < -0.39 is 5.60 Å². The molecule has 1 saturated carbocycles. The van der Waals surface area contributed by atoms with E-state index in [4.69, 9.17) is 0 Å². The van der Waals surface area contributed by atoms with Gasteiger partial charge >= 0.3 is 6.03 Å². The summed E-state index contributed by atoms with van der Waals surface area (Å²) < 4.78 is 1.62. The van der Waals surface area contributed by atoms with Gasteiger partial charge in [0.2, 0.25) is 0 Å². The van der Waals surface area contributed by atoms with E-state index in [9.17, 15) is 9.90 Å². The molecular weight excluding hydrogens is 232 g/mol. The highest BCUT2D eigenvalue weighted by Gasteiger charge is 2.34. The zero-order chi connectivity index (χ0) is 13.3. The summed E-state index contributed by atoms with van der Waals surface area (Å²) >= 11 is 0. The number of aliphatic hydroxyl groups is 1. The van der Waals surface area contributed by atoms with Crippen LogP contribution in [0, 0.1) is 5.92 Å². The third-order valence-corrected chi connectivity index (χ3v) is 3.35. The van der Waals surface area contributed by atoms with E-state index in [1.54, 1.807) is 31.0 Å². The van der Waals surface area contributed by atoms with Gasteiger partial charge in [0.25, 0.3) is 0 Å². The number of nitrogens with zero attached hydrogens (tertiary/aromatic N) is 2. The first-order valence-electron chi connectivity index (χ1n) is 6.14. The number of nitrogens with one attached hydrogen (secondary N) is 2. The molecule has 1 aliphatic carbocycles. The van der Waals surface area contributed by atoms with Crippen molar-refractivity contribution < 1.29 is 9.90 Å². The summed E-state index contributed by atoms with van der Waals surface area (Å²) in [6.07, 6.45) is 4.37. The zero-order valence-electron chi connectivity index (χ0n) is 11.0. The predicted molar refractivity (Wildman–Crippen MR) is 66.9 cm³/mol. The first kappa shape index (κ1) is 12.9. The number of urea groups is 1. The van der Waals surface area contributed by atoms with Gasteiger partial charge in [-0.15, -0.1) is 0 Å². The lowest BCUT2D eigenvalue weighted by Gasteiger charge is -2.22. The summed E-state index contributed by atoms with van der Waals surface area (Å²) in [7, 11) is 1.79. The van der Waals surface area contributed by atoms with Crippen molar-refractivity contribution >= 4 is 6.03 Å². The summed E-state index contributed by atoms with van der Waals surface area (Å²) in [5.41, 5.74) is -0.425. The van der Waals surface area contributed by atoms with Crippen molar-refractivity contribution in [2.24, 2.45) is 13.0 Å². The van der Waals surface area contributed by atoms with Crippen LogP contribution in [-0.4, -0.2) is 33.5 Å². The minimum Gasteiger partial charge on any atom is -0.383 e. The Hall–Kier alpha value is -1.56. The van der Waals surface area contributed by atoms with Gasteiger partial charge in [0.1, 0.15) is 5.60 Å². The maximum absolute atomic E-state index is 11.6. The maximum atomic E-state index is 11.6. The number of hydrogen-bond acceptors (Lipinski definition) is 3. The second kappa shape index (κ2) is 4.61. The molecule has 1 aromatic heterocycles. The molecule has 1 fully saturated rings. The molecule has 0 saturated heterocycles. The minimum absolute atomic E-state index is 0.158. The molecule has 3 unspecified atom stereocenters. The van der Waals surface area contributed by atoms with Crippen LogP contribution in [0.25, 0.3) is 0 Å². The summed E-state index contributed by atoms with van der Waals surface area (Å²) in [5, 5.41) is 19.8. The van der Waals surface area contributed by atoms with Crippen molar-refractivity contribution in [1.82, 2.24) is 20.4 Å². The highest BCUT2D eigenvalue weighted by atomic mass is 16.3. The van der Waals surface area contributed by atoms with E-state index in [0.717, 1.165) is 6.42 Å². The van der Waals surface area contributed by atoms with E-state index in [0.29, 0.717) is 11.5 Å². The van der Waals surface area contributed by atoms with Gasteiger partial charge in [0.15, 0.2) is 0 Å². The molecule has 2 rings (SSSR count). The number of aryl methyl sites for hydroxylation is 1. The van der Waals surface area contributed by atoms with Crippen LogP contribution >= 0.6 is 0 Å². The molecule has 3 N–H and O–H groups in total. The number of carbonyl (C=O) groups is 1. The second-order valence-electron chi connectivity index (χ2n) is 5.32. The normalized spacial score (nSPS) is 25.3. The smallest absolute Gasteiger partial charge is 0.315 e. The Morgan fingerprint density at radius 1 is 1.72 bits per heavy atom. The Morgan fingerprint density at radius 2 is 2.39 bits per heavy atom. The molecule has 0 radical (unpaired) electrons. The summed E-state index contributed by atoms with van der Waals surface area (Å²) in [4.78, 5) is 11.6. The fourth-order valence-electron chi connectivity index (χ4n) is 1.80. The first-order valence-corrected chi connectivity index (χ1v) is 6.14. The van der Waals surface area contributed by atoms with Gasteiger partial charge in [0, 0.05) is 24.8 Å². The van der Waals surface area contributed by atoms with Gasteiger partial charge in [-0.3, -0.25) is 4.68 Å². The van der Waals surface area contributed by atoms with Crippen LogP contribution in [0.2, 0.25) is 0 Å². The number of amides is 2. The standard InChI is InChI=1S/C12H20N4O2/c1-8-4-10(8)15-11(17)13-7-12(2,18)9-5-14-16(3)6-9/h5-6,8,10,18H,4,7H2,1-3H3,(H2,13,15,17). The molecular formula is C12H20N4O2. The van der Waals surface area contributed by atoms with E-state index >= 15 is 0 Å². The monoisotopic (exact) mass is 252 g/mol. The van der Waals surface area contributed by atoms with E-state index in [2.05, 4.69) is 22.7 Å². The average molecular weight is 252 g/mol. The molecule has 2 amide bonds. The Labute approximate surface area is 106 Å². The lowest BCUT2D eigenvalue weighted by Crippen LogP contribution is -2.44. The van der Waals surface area contributed by atoms with Crippen molar-refractivity contribution in [3.05, 3.63) is 18.0 Å². The Balaban J connectivity index is 1.83. The van der Waals surface area contributed by atoms with Crippen molar-refractivity contribution in [1.29, 1.82) is 0 Å². The topological polar surface area (TPSA) is 79.2 Å². The first-order chi connectivity index (χ1) is 8.38. The highest BCUT2D eigenvalue weighted by Crippen LogP contribution is 2.28. The molecule has 3 atom stereocenters. The fraction of sp³-hybridized carbons (Fsp3) is 0.667. The van der Waals surface area contributed by atoms with Crippen LogP contribution < -0.4 is 10.6 Å². The lowest BCUT2D eigenvalue weighted by molar-refractivity contribution is 0.0593. The molecule has 1 aromatic rings. The maximum Gasteiger partial charge on any atom is 0.315 e. The van der Waals surface area contributed by atoms with Gasteiger partial charge in [-0.05, 0) is 19.3 Å². The van der Waals surface area contributed by atoms with Gasteiger partial charge < -0.3 is 15.7 Å². The molecule has 100 valence electrons. The molecule has 0 aromatic carbocycles. The SMILES string of the molecule is CC1CC1NC(=O)NCC(C)(O)c1cnn(C)c1. The van der Waals surface area contributed by atoms with E-state index in [1.165, 1.54) is 0 Å². The zero-order valence-corrected chi connectivity index (χ0v) is 11.0. The Morgan fingerprint density at radius 3 is 2.89 bits per heavy atom. The number of rotatable bonds is 4. The number of aromatic nitrogens is 2. The Bertz CT molecular complexity index is 441. The average Bonchev–Trinajstić information content (AvgIpc) is 2.77. The molecule has 0 spiro atoms. The van der Waals surface area contributed by atoms with E-state index in [1.807, 2.05) is 0 Å². The second-order valence-corrected chi connectivity index (χ2v) is 5.32. The lowest BCUT2D eigenvalue weighted by atomic mass is 10.00. The molecule has 0 bridgehead atoms. The van der Waals surface area contributed by atoms with Crippen molar-refractivity contribution in [3.63, 3.8) is 0 Å². The van der Waals surface area contributed by atoms with Crippen molar-refractivity contribution in [2.75, 3.05) is 6.54 Å². The van der Waals surface area contributed by atoms with Crippen LogP contribution in [0.15, 0.2) is 12.4 Å². The Kier molecular flexibility index (Phi) is 3.30. The largest absolute Gasteiger partial charge is 0.383 e. The van der Waals surface area contributed by atoms with Crippen LogP contribution in [0.1, 0.15) is 25.8 Å². The van der Waals surface area contributed by atoms with Gasteiger partial charge in [-0.2, -0.15) is 5.10 Å². The summed E-state index contributed by atoms with van der Waals surface area (Å²) in [5.74, 6) is 0.564. The van der Waals surface area contributed by atoms with Gasteiger partial charge in [0.05, 0.1) is 12.7 Å². The summed E-state index contributed by atoms with van der Waals surface area (Å²) in [6, 6.07) is 0.0573. The molecule has 18 heavy (non-hydrogen) atoms. The molecule has 6 heteroatoms. The number of carbonyl (C=O) groups excluding carboxylic acids is 1. The quantitative estimate of drug-likeness (QED) is 0.722. The van der Waals surface area contributed by atoms with Crippen LogP contribution in [-0.2, 0) is 12.6 Å². The molecule has 6 nitrogen and oxygen atoms in total. The van der Waals surface area contributed by atoms with Crippen LogP contribution in [0.4, 0.5) is 4.79 Å². The molecule has 1 aliphatic rings. The van der Waals surface area contributed by atoms with Crippen molar-refractivity contribution in [3.8, 4) is 0 Å². The minimum atomic E-state index is -1.11. The molecule has 1 heterocycles. The van der Waals surface area contributed by atoms with Gasteiger partial charge in [-0.1, -0.05) is 6.92 Å². The molecule has 0 aliphatic heterocycles. The fourth-order valence-corrected chi connectivity index (χ4v) is 1.80.